The van der Waals surface area contributed by atoms with Gasteiger partial charge in [0, 0.05) is 37.7 Å². The zero-order valence-corrected chi connectivity index (χ0v) is 17.7. The van der Waals surface area contributed by atoms with Crippen molar-refractivity contribution in [2.75, 3.05) is 5.32 Å². The number of benzene rings is 1. The molecule has 5 rings (SSSR count). The molecule has 1 aliphatic carbocycles. The van der Waals surface area contributed by atoms with Crippen LogP contribution < -0.4 is 5.32 Å². The number of fused-ring (bicyclic) bond motifs is 2. The first-order valence-corrected chi connectivity index (χ1v) is 10.3. The molecule has 0 spiro atoms. The number of nitrogens with one attached hydrogen (secondary N) is 1. The summed E-state index contributed by atoms with van der Waals surface area (Å²) >= 11 is 6.34. The molecule has 2 aliphatic rings. The number of amides is 2. The molecule has 1 saturated carbocycles. The fourth-order valence-corrected chi connectivity index (χ4v) is 5.06. The number of carbonyl (C=O) groups is 1. The summed E-state index contributed by atoms with van der Waals surface area (Å²) in [5, 5.41) is 16.1. The Morgan fingerprint density at radius 3 is 2.87 bits per heavy atom. The summed E-state index contributed by atoms with van der Waals surface area (Å²) < 4.78 is 7.36. The van der Waals surface area contributed by atoms with Crippen molar-refractivity contribution in [1.29, 1.82) is 0 Å². The third-order valence-electron chi connectivity index (χ3n) is 5.96. The van der Waals surface area contributed by atoms with Gasteiger partial charge in [0.15, 0.2) is 5.82 Å². The van der Waals surface area contributed by atoms with Crippen LogP contribution in [0.4, 0.5) is 10.5 Å². The third kappa shape index (κ3) is 2.96. The third-order valence-corrected chi connectivity index (χ3v) is 6.29. The normalized spacial score (nSPS) is 25.1. The minimum Gasteiger partial charge on any atom is -0.423 e. The van der Waals surface area contributed by atoms with Crippen LogP contribution in [0.2, 0.25) is 5.02 Å². The van der Waals surface area contributed by atoms with Crippen molar-refractivity contribution in [3.8, 4) is 11.4 Å². The number of rotatable bonds is 3. The number of piperidine rings is 1. The van der Waals surface area contributed by atoms with Crippen LogP contribution in [-0.2, 0) is 12.6 Å². The molecule has 156 valence electrons. The zero-order chi connectivity index (χ0) is 21.0. The van der Waals surface area contributed by atoms with E-state index in [9.17, 15) is 4.79 Å². The maximum atomic E-state index is 13.3. The van der Waals surface area contributed by atoms with Crippen molar-refractivity contribution < 1.29 is 9.21 Å². The molecule has 1 saturated heterocycles. The van der Waals surface area contributed by atoms with Crippen LogP contribution in [0.1, 0.15) is 38.0 Å². The Hall–Kier alpha value is -2.94. The van der Waals surface area contributed by atoms with Gasteiger partial charge in [-0.1, -0.05) is 18.5 Å². The molecule has 2 amide bonds. The van der Waals surface area contributed by atoms with Crippen molar-refractivity contribution in [3.63, 3.8) is 0 Å². The molecule has 1 N–H and O–H groups in total. The Morgan fingerprint density at radius 2 is 2.17 bits per heavy atom. The predicted octanol–water partition coefficient (Wildman–Crippen LogP) is 3.76. The first kappa shape index (κ1) is 19.0. The maximum absolute atomic E-state index is 13.3. The summed E-state index contributed by atoms with van der Waals surface area (Å²) in [6.45, 7) is 3.96. The van der Waals surface area contributed by atoms with Crippen molar-refractivity contribution in [2.45, 2.75) is 44.7 Å². The molecule has 3 heterocycles. The van der Waals surface area contributed by atoms with E-state index in [1.54, 1.807) is 43.2 Å². The summed E-state index contributed by atoms with van der Waals surface area (Å²) in [6.07, 6.45) is 4.22. The van der Waals surface area contributed by atoms with Crippen molar-refractivity contribution in [1.82, 2.24) is 29.9 Å². The lowest BCUT2D eigenvalue weighted by Gasteiger charge is -2.61. The number of carbonyl (C=O) groups excluding carboxylic acids is 1. The van der Waals surface area contributed by atoms with Crippen LogP contribution in [0.15, 0.2) is 28.9 Å². The largest absolute Gasteiger partial charge is 0.423 e. The number of aromatic nitrogens is 5. The monoisotopic (exact) mass is 427 g/mol. The summed E-state index contributed by atoms with van der Waals surface area (Å²) in [7, 11) is 1.79. The molecule has 1 aliphatic heterocycles. The molecule has 0 radical (unpaired) electrons. The summed E-state index contributed by atoms with van der Waals surface area (Å²) in [5.41, 5.74) is 0.752. The smallest absolute Gasteiger partial charge is 0.323 e. The molecule has 9 nitrogen and oxygen atoms in total. The quantitative estimate of drug-likeness (QED) is 0.682. The van der Waals surface area contributed by atoms with Gasteiger partial charge in [0.2, 0.25) is 11.8 Å². The molecule has 3 atom stereocenters. The SMILES string of the molecule is Cc1nnc([C@]23C[C@H](C)C[C@H](C2)N3C(=O)Nc2ccc(Cl)c(-c3ncn(C)n3)c2)o1. The Bertz CT molecular complexity index is 1130. The molecule has 1 aromatic carbocycles. The average Bonchev–Trinajstić information content (AvgIpc) is 3.31. The first-order valence-electron chi connectivity index (χ1n) is 9.92. The highest BCUT2D eigenvalue weighted by atomic mass is 35.5. The number of likely N-dealkylation sites (tertiary alicyclic amines) is 1. The molecule has 30 heavy (non-hydrogen) atoms. The van der Waals surface area contributed by atoms with E-state index in [1.165, 1.54) is 0 Å². The zero-order valence-electron chi connectivity index (χ0n) is 17.0. The number of hydrogen-bond acceptors (Lipinski definition) is 6. The lowest BCUT2D eigenvalue weighted by molar-refractivity contribution is -0.110. The van der Waals surface area contributed by atoms with Crippen LogP contribution in [-0.4, -0.2) is 41.9 Å². The van der Waals surface area contributed by atoms with Crippen molar-refractivity contribution in [2.24, 2.45) is 13.0 Å². The second-order valence-electron chi connectivity index (χ2n) is 8.30. The van der Waals surface area contributed by atoms with E-state index in [2.05, 4.69) is 32.5 Å². The number of urea groups is 1. The molecular weight excluding hydrogens is 406 g/mol. The Kier molecular flexibility index (Phi) is 4.32. The number of anilines is 1. The minimum atomic E-state index is -0.536. The molecular formula is C20H22ClN7O2. The van der Waals surface area contributed by atoms with E-state index in [0.29, 0.717) is 39.8 Å². The van der Waals surface area contributed by atoms with Crippen molar-refractivity contribution in [3.05, 3.63) is 41.3 Å². The van der Waals surface area contributed by atoms with Crippen LogP contribution in [0, 0.1) is 12.8 Å². The van der Waals surface area contributed by atoms with Gasteiger partial charge in [0.25, 0.3) is 0 Å². The van der Waals surface area contributed by atoms with Crippen LogP contribution in [0.5, 0.6) is 0 Å². The number of hydrogen-bond donors (Lipinski definition) is 1. The molecule has 2 bridgehead atoms. The Balaban J connectivity index is 1.43. The molecule has 0 unspecified atom stereocenters. The average molecular weight is 428 g/mol. The van der Waals surface area contributed by atoms with E-state index in [1.807, 2.05) is 4.90 Å². The van der Waals surface area contributed by atoms with Gasteiger partial charge in [0.1, 0.15) is 11.9 Å². The lowest BCUT2D eigenvalue weighted by Crippen LogP contribution is -2.70. The Labute approximate surface area is 178 Å². The fourth-order valence-electron chi connectivity index (χ4n) is 4.85. The number of aryl methyl sites for hydroxylation is 2. The lowest BCUT2D eigenvalue weighted by atomic mass is 9.64. The predicted molar refractivity (Wildman–Crippen MR) is 110 cm³/mol. The van der Waals surface area contributed by atoms with Gasteiger partial charge in [-0.15, -0.1) is 10.2 Å². The van der Waals surface area contributed by atoms with Crippen LogP contribution >= 0.6 is 11.6 Å². The summed E-state index contributed by atoms with van der Waals surface area (Å²) in [6, 6.07) is 5.27. The summed E-state index contributed by atoms with van der Waals surface area (Å²) in [4.78, 5) is 19.4. The second-order valence-corrected chi connectivity index (χ2v) is 8.70. The van der Waals surface area contributed by atoms with Gasteiger partial charge in [0.05, 0.1) is 5.02 Å². The number of nitrogens with zero attached hydrogens (tertiary/aromatic N) is 6. The molecule has 2 aromatic heterocycles. The maximum Gasteiger partial charge on any atom is 0.323 e. The molecule has 2 fully saturated rings. The van der Waals surface area contributed by atoms with Crippen molar-refractivity contribution >= 4 is 23.3 Å². The van der Waals surface area contributed by atoms with E-state index >= 15 is 0 Å². The highest BCUT2D eigenvalue weighted by Gasteiger charge is 2.62. The standard InChI is InChI=1S/C20H22ClN7O2/c1-11-6-14-9-20(8-11,18-25-24-12(2)30-18)28(14)19(29)23-13-4-5-16(21)15(7-13)17-22-10-27(3)26-17/h4-5,7,10-11,14H,6,8-9H2,1-3H3,(H,23,29)/t11-,14-,20+/m1/s1. The summed E-state index contributed by atoms with van der Waals surface area (Å²) in [5.74, 6) is 2.02. The highest BCUT2D eigenvalue weighted by Crippen LogP contribution is 2.55. The van der Waals surface area contributed by atoms with Gasteiger partial charge >= 0.3 is 6.03 Å². The van der Waals surface area contributed by atoms with E-state index in [0.717, 1.165) is 19.3 Å². The molecule has 10 heteroatoms. The van der Waals surface area contributed by atoms with E-state index < -0.39 is 5.54 Å². The van der Waals surface area contributed by atoms with Gasteiger partial charge in [-0.3, -0.25) is 4.68 Å². The number of halogens is 1. The van der Waals surface area contributed by atoms with E-state index in [4.69, 9.17) is 16.0 Å². The highest BCUT2D eigenvalue weighted by molar-refractivity contribution is 6.33. The van der Waals surface area contributed by atoms with Crippen LogP contribution in [0.3, 0.4) is 0 Å². The minimum absolute atomic E-state index is 0.158. The van der Waals surface area contributed by atoms with Gasteiger partial charge < -0.3 is 14.6 Å². The van der Waals surface area contributed by atoms with Gasteiger partial charge in [-0.2, -0.15) is 5.10 Å². The first-order chi connectivity index (χ1) is 14.4. The van der Waals surface area contributed by atoms with E-state index in [-0.39, 0.29) is 12.1 Å². The Morgan fingerprint density at radius 1 is 1.33 bits per heavy atom. The fraction of sp³-hybridized carbons (Fsp3) is 0.450. The van der Waals surface area contributed by atoms with Crippen LogP contribution in [0.25, 0.3) is 11.4 Å². The van der Waals surface area contributed by atoms with Gasteiger partial charge in [-0.25, -0.2) is 9.78 Å². The topological polar surface area (TPSA) is 102 Å². The van der Waals surface area contributed by atoms with Gasteiger partial charge in [-0.05, 0) is 37.0 Å². The molecule has 3 aromatic rings. The second kappa shape index (κ2) is 6.80.